The number of hydrogen-bond acceptors (Lipinski definition) is 4. The van der Waals surface area contributed by atoms with Crippen molar-refractivity contribution in [1.82, 2.24) is 10.2 Å². The summed E-state index contributed by atoms with van der Waals surface area (Å²) in [6.45, 7) is 2.80. The van der Waals surface area contributed by atoms with Crippen molar-refractivity contribution in [3.05, 3.63) is 0 Å². The summed E-state index contributed by atoms with van der Waals surface area (Å²) in [5.74, 6) is -0.841. The first-order valence-corrected chi connectivity index (χ1v) is 10.8. The second-order valence-corrected chi connectivity index (χ2v) is 9.72. The molecule has 6 nitrogen and oxygen atoms in total. The number of halogens is 2. The average Bonchev–Trinajstić information content (AvgIpc) is 3.33. The summed E-state index contributed by atoms with van der Waals surface area (Å²) < 4.78 is 5.50. The maximum atomic E-state index is 12.9. The zero-order valence-corrected chi connectivity index (χ0v) is 17.2. The van der Waals surface area contributed by atoms with E-state index in [2.05, 4.69) is 37.2 Å². The molecule has 2 saturated heterocycles. The molecule has 0 aromatic heterocycles. The number of carbonyl (C=O) groups is 3. The zero-order valence-electron chi connectivity index (χ0n) is 14.0. The first kappa shape index (κ1) is 17.9. The number of nitrogens with zero attached hydrogens (tertiary/aromatic N) is 1. The van der Waals surface area contributed by atoms with Crippen LogP contribution in [0.5, 0.6) is 0 Å². The van der Waals surface area contributed by atoms with Crippen LogP contribution in [-0.4, -0.2) is 57.6 Å². The SMILES string of the molecule is C[C@H](C(=O)NC[C@@H]1CCCO1)N1C(=O)[C@@H]2[C@@H]3C[C@H]([C@H](Br)[C@@H]3Br)[C@@H]2C1=O. The lowest BCUT2D eigenvalue weighted by molar-refractivity contribution is -0.148. The van der Waals surface area contributed by atoms with Crippen molar-refractivity contribution in [2.75, 3.05) is 13.2 Å². The highest BCUT2D eigenvalue weighted by atomic mass is 79.9. The van der Waals surface area contributed by atoms with Crippen LogP contribution in [0.25, 0.3) is 0 Å². The molecular formula is C17H22Br2N2O4. The predicted octanol–water partition coefficient (Wildman–Crippen LogP) is 1.45. The van der Waals surface area contributed by atoms with Gasteiger partial charge in [0.1, 0.15) is 6.04 Å². The van der Waals surface area contributed by atoms with Crippen molar-refractivity contribution < 1.29 is 19.1 Å². The molecule has 2 bridgehead atoms. The highest BCUT2D eigenvalue weighted by molar-refractivity contribution is 9.12. The predicted molar refractivity (Wildman–Crippen MR) is 97.3 cm³/mol. The van der Waals surface area contributed by atoms with Crippen molar-refractivity contribution in [3.63, 3.8) is 0 Å². The van der Waals surface area contributed by atoms with E-state index < -0.39 is 6.04 Å². The number of rotatable bonds is 4. The van der Waals surface area contributed by atoms with Gasteiger partial charge in [-0.2, -0.15) is 0 Å². The minimum atomic E-state index is -0.769. The second-order valence-electron chi connectivity index (χ2n) is 7.61. The van der Waals surface area contributed by atoms with E-state index in [1.54, 1.807) is 6.92 Å². The van der Waals surface area contributed by atoms with Crippen LogP contribution in [0.1, 0.15) is 26.2 Å². The summed E-state index contributed by atoms with van der Waals surface area (Å²) in [5.41, 5.74) is 0. The monoisotopic (exact) mass is 476 g/mol. The molecular weight excluding hydrogens is 456 g/mol. The lowest BCUT2D eigenvalue weighted by Crippen LogP contribution is -2.50. The Balaban J connectivity index is 1.45. The Bertz CT molecular complexity index is 577. The fourth-order valence-corrected chi connectivity index (χ4v) is 6.91. The largest absolute Gasteiger partial charge is 0.376 e. The fraction of sp³-hybridized carbons (Fsp3) is 0.824. The second kappa shape index (κ2) is 6.60. The smallest absolute Gasteiger partial charge is 0.243 e. The van der Waals surface area contributed by atoms with Gasteiger partial charge in [0.2, 0.25) is 17.7 Å². The Labute approximate surface area is 163 Å². The minimum absolute atomic E-state index is 0.0414. The molecule has 0 aromatic carbocycles. The van der Waals surface area contributed by atoms with Crippen molar-refractivity contribution in [2.45, 2.75) is 48.0 Å². The number of hydrogen-bond donors (Lipinski definition) is 1. The van der Waals surface area contributed by atoms with Crippen LogP contribution in [0.4, 0.5) is 0 Å². The van der Waals surface area contributed by atoms with E-state index in [4.69, 9.17) is 4.74 Å². The van der Waals surface area contributed by atoms with Crippen LogP contribution in [0.3, 0.4) is 0 Å². The zero-order chi connectivity index (χ0) is 17.9. The number of amides is 3. The van der Waals surface area contributed by atoms with Crippen LogP contribution in [0.2, 0.25) is 0 Å². The van der Waals surface area contributed by atoms with Crippen LogP contribution >= 0.6 is 31.9 Å². The number of carbonyl (C=O) groups excluding carboxylic acids is 3. The van der Waals surface area contributed by atoms with Crippen molar-refractivity contribution in [2.24, 2.45) is 23.7 Å². The van der Waals surface area contributed by atoms with E-state index in [0.29, 0.717) is 6.54 Å². The summed E-state index contributed by atoms with van der Waals surface area (Å²) in [7, 11) is 0. The molecule has 0 radical (unpaired) electrons. The Morgan fingerprint density at radius 1 is 1.24 bits per heavy atom. The molecule has 25 heavy (non-hydrogen) atoms. The Kier molecular flexibility index (Phi) is 4.73. The number of imide groups is 1. The Hall–Kier alpha value is -0.470. The molecule has 2 saturated carbocycles. The molecule has 0 unspecified atom stereocenters. The van der Waals surface area contributed by atoms with Gasteiger partial charge in [-0.15, -0.1) is 0 Å². The Morgan fingerprint density at radius 2 is 1.84 bits per heavy atom. The normalized spacial score (nSPS) is 43.6. The van der Waals surface area contributed by atoms with E-state index in [1.807, 2.05) is 0 Å². The van der Waals surface area contributed by atoms with Gasteiger partial charge in [0.15, 0.2) is 0 Å². The summed E-state index contributed by atoms with van der Waals surface area (Å²) in [5, 5.41) is 2.84. The molecule has 138 valence electrons. The number of fused-ring (bicyclic) bond motifs is 5. The van der Waals surface area contributed by atoms with Gasteiger partial charge in [0.05, 0.1) is 17.9 Å². The van der Waals surface area contributed by atoms with Crippen LogP contribution in [0.15, 0.2) is 0 Å². The molecule has 8 heteroatoms. The van der Waals surface area contributed by atoms with Gasteiger partial charge in [-0.25, -0.2) is 0 Å². The highest BCUT2D eigenvalue weighted by Gasteiger charge is 2.67. The fourth-order valence-electron chi connectivity index (χ4n) is 5.04. The van der Waals surface area contributed by atoms with E-state index in [1.165, 1.54) is 4.90 Å². The van der Waals surface area contributed by atoms with Gasteiger partial charge in [-0.05, 0) is 38.0 Å². The molecule has 2 aliphatic carbocycles. The molecule has 4 fully saturated rings. The Morgan fingerprint density at radius 3 is 2.36 bits per heavy atom. The highest BCUT2D eigenvalue weighted by Crippen LogP contribution is 2.60. The molecule has 3 amide bonds. The van der Waals surface area contributed by atoms with Crippen LogP contribution in [0, 0.1) is 23.7 Å². The summed E-state index contributed by atoms with van der Waals surface area (Å²) in [4.78, 5) is 39.9. The lowest BCUT2D eigenvalue weighted by Gasteiger charge is -2.28. The van der Waals surface area contributed by atoms with E-state index in [9.17, 15) is 14.4 Å². The number of likely N-dealkylation sites (tertiary alicyclic amines) is 1. The van der Waals surface area contributed by atoms with E-state index >= 15 is 0 Å². The lowest BCUT2D eigenvalue weighted by atomic mass is 9.81. The maximum Gasteiger partial charge on any atom is 0.243 e. The van der Waals surface area contributed by atoms with E-state index in [0.717, 1.165) is 25.9 Å². The van der Waals surface area contributed by atoms with Gasteiger partial charge in [0.25, 0.3) is 0 Å². The summed E-state index contributed by atoms with van der Waals surface area (Å²) >= 11 is 7.34. The van der Waals surface area contributed by atoms with Crippen LogP contribution in [-0.2, 0) is 19.1 Å². The number of nitrogens with one attached hydrogen (secondary N) is 1. The maximum absolute atomic E-state index is 12.9. The summed E-state index contributed by atoms with van der Waals surface area (Å²) in [6, 6.07) is -0.769. The number of alkyl halides is 2. The van der Waals surface area contributed by atoms with Gasteiger partial charge in [-0.1, -0.05) is 31.9 Å². The molecule has 2 heterocycles. The van der Waals surface area contributed by atoms with Crippen molar-refractivity contribution in [3.8, 4) is 0 Å². The first-order valence-electron chi connectivity index (χ1n) is 8.96. The van der Waals surface area contributed by atoms with Crippen molar-refractivity contribution in [1.29, 1.82) is 0 Å². The van der Waals surface area contributed by atoms with Gasteiger partial charge >= 0.3 is 0 Å². The number of ether oxygens (including phenoxy) is 1. The van der Waals surface area contributed by atoms with Gasteiger partial charge in [0, 0.05) is 22.8 Å². The minimum Gasteiger partial charge on any atom is -0.376 e. The first-order chi connectivity index (χ1) is 11.9. The average molecular weight is 478 g/mol. The van der Waals surface area contributed by atoms with Gasteiger partial charge in [-0.3, -0.25) is 19.3 Å². The molecule has 4 aliphatic rings. The molecule has 2 aliphatic heterocycles. The third-order valence-corrected chi connectivity index (χ3v) is 9.52. The van der Waals surface area contributed by atoms with Gasteiger partial charge < -0.3 is 10.1 Å². The van der Waals surface area contributed by atoms with Crippen LogP contribution < -0.4 is 5.32 Å². The standard InChI is InChI=1S/C17H22Br2N2O4/c1-7(15(22)20-6-8-3-2-4-25-8)21-16(23)11-9-5-10(12(11)17(21)24)14(19)13(9)18/h7-14H,2-6H2,1H3,(H,20,22)/t7-,8+,9+,10+,11-,12+,13-,14+/m1/s1. The third kappa shape index (κ3) is 2.70. The molecule has 1 N–H and O–H groups in total. The molecule has 8 atom stereocenters. The molecule has 0 spiro atoms. The topological polar surface area (TPSA) is 75.7 Å². The quantitative estimate of drug-likeness (QED) is 0.491. The van der Waals surface area contributed by atoms with Crippen molar-refractivity contribution >= 4 is 49.6 Å². The molecule has 0 aromatic rings. The third-order valence-electron chi connectivity index (χ3n) is 6.32. The summed E-state index contributed by atoms with van der Waals surface area (Å²) in [6.07, 6.45) is 2.88. The van der Waals surface area contributed by atoms with E-state index in [-0.39, 0.29) is 57.2 Å². The molecule has 4 rings (SSSR count).